The van der Waals surface area contributed by atoms with E-state index in [0.717, 1.165) is 12.8 Å². The molecule has 1 aliphatic heterocycles. The van der Waals surface area contributed by atoms with E-state index in [4.69, 9.17) is 10.5 Å². The standard InChI is InChI=1S/C17H25N3O4S/c1-12-2-3-14(17(21)19-11-15(18)13-4-5-13)10-16(12)25(22,23)20-6-8-24-9-7-20/h2-3,10,13,15H,4-9,11,18H2,1H3,(H,19,21). The molecule has 0 radical (unpaired) electrons. The molecule has 1 aromatic carbocycles. The van der Waals surface area contributed by atoms with E-state index in [1.54, 1.807) is 19.1 Å². The number of aryl methyl sites for hydroxylation is 1. The molecular formula is C17H25N3O4S. The largest absolute Gasteiger partial charge is 0.379 e. The molecule has 2 fully saturated rings. The maximum atomic E-state index is 12.9. The third kappa shape index (κ3) is 4.20. The molecule has 7 nitrogen and oxygen atoms in total. The number of nitrogens with zero attached hydrogens (tertiary/aromatic N) is 1. The van der Waals surface area contributed by atoms with Gasteiger partial charge in [0.2, 0.25) is 10.0 Å². The average molecular weight is 367 g/mol. The zero-order valence-corrected chi connectivity index (χ0v) is 15.2. The third-order valence-electron chi connectivity index (χ3n) is 4.76. The van der Waals surface area contributed by atoms with Crippen molar-refractivity contribution in [1.82, 2.24) is 9.62 Å². The van der Waals surface area contributed by atoms with Gasteiger partial charge >= 0.3 is 0 Å². The van der Waals surface area contributed by atoms with Gasteiger partial charge in [-0.2, -0.15) is 4.31 Å². The Bertz CT molecular complexity index is 740. The predicted octanol–water partition coefficient (Wildman–Crippen LogP) is 0.483. The van der Waals surface area contributed by atoms with Crippen LogP contribution in [0.15, 0.2) is 23.1 Å². The van der Waals surface area contributed by atoms with Gasteiger partial charge < -0.3 is 15.8 Å². The smallest absolute Gasteiger partial charge is 0.251 e. The van der Waals surface area contributed by atoms with Crippen molar-refractivity contribution in [2.75, 3.05) is 32.8 Å². The van der Waals surface area contributed by atoms with Crippen molar-refractivity contribution in [3.63, 3.8) is 0 Å². The fourth-order valence-corrected chi connectivity index (χ4v) is 4.61. The Morgan fingerprint density at radius 3 is 2.68 bits per heavy atom. The molecule has 2 aliphatic rings. The van der Waals surface area contributed by atoms with Gasteiger partial charge in [0.25, 0.3) is 5.91 Å². The molecule has 1 aliphatic carbocycles. The van der Waals surface area contributed by atoms with E-state index in [-0.39, 0.29) is 16.8 Å². The van der Waals surface area contributed by atoms with Gasteiger partial charge in [-0.05, 0) is 43.4 Å². The van der Waals surface area contributed by atoms with Gasteiger partial charge in [-0.25, -0.2) is 8.42 Å². The molecule has 1 atom stereocenters. The normalized spacial score (nSPS) is 20.2. The molecule has 8 heteroatoms. The number of rotatable bonds is 6. The van der Waals surface area contributed by atoms with E-state index in [1.165, 1.54) is 10.4 Å². The molecule has 1 amide bonds. The summed E-state index contributed by atoms with van der Waals surface area (Å²) in [7, 11) is -3.63. The SMILES string of the molecule is Cc1ccc(C(=O)NCC(N)C2CC2)cc1S(=O)(=O)N1CCOCC1. The summed E-state index contributed by atoms with van der Waals surface area (Å²) in [4.78, 5) is 12.5. The van der Waals surface area contributed by atoms with Crippen molar-refractivity contribution in [3.05, 3.63) is 29.3 Å². The van der Waals surface area contributed by atoms with Crippen LogP contribution in [0.1, 0.15) is 28.8 Å². The molecule has 25 heavy (non-hydrogen) atoms. The summed E-state index contributed by atoms with van der Waals surface area (Å²) in [6, 6.07) is 4.73. The number of sulfonamides is 1. The number of hydrogen-bond donors (Lipinski definition) is 2. The van der Waals surface area contributed by atoms with Crippen LogP contribution < -0.4 is 11.1 Å². The van der Waals surface area contributed by atoms with Gasteiger partial charge in [0.15, 0.2) is 0 Å². The van der Waals surface area contributed by atoms with Gasteiger partial charge in [0, 0.05) is 31.2 Å². The van der Waals surface area contributed by atoms with Crippen LogP contribution in [0.2, 0.25) is 0 Å². The fraction of sp³-hybridized carbons (Fsp3) is 0.588. The van der Waals surface area contributed by atoms with E-state index in [2.05, 4.69) is 5.32 Å². The first-order valence-corrected chi connectivity index (χ1v) is 10.1. The molecule has 0 spiro atoms. The first kappa shape index (κ1) is 18.3. The molecular weight excluding hydrogens is 342 g/mol. The van der Waals surface area contributed by atoms with Crippen LogP contribution in [0.4, 0.5) is 0 Å². The van der Waals surface area contributed by atoms with E-state index in [1.807, 2.05) is 0 Å². The third-order valence-corrected chi connectivity index (χ3v) is 6.80. The number of carbonyl (C=O) groups is 1. The number of nitrogens with two attached hydrogens (primary N) is 1. The van der Waals surface area contributed by atoms with E-state index < -0.39 is 10.0 Å². The van der Waals surface area contributed by atoms with E-state index in [9.17, 15) is 13.2 Å². The van der Waals surface area contributed by atoms with Crippen LogP contribution in [-0.4, -0.2) is 57.5 Å². The van der Waals surface area contributed by atoms with Crippen molar-refractivity contribution < 1.29 is 17.9 Å². The van der Waals surface area contributed by atoms with Gasteiger partial charge in [0.1, 0.15) is 0 Å². The van der Waals surface area contributed by atoms with Crippen LogP contribution >= 0.6 is 0 Å². The topological polar surface area (TPSA) is 102 Å². The van der Waals surface area contributed by atoms with Crippen molar-refractivity contribution in [2.45, 2.75) is 30.7 Å². The Kier molecular flexibility index (Phi) is 5.43. The lowest BCUT2D eigenvalue weighted by atomic mass is 10.1. The number of carbonyl (C=O) groups excluding carboxylic acids is 1. The minimum Gasteiger partial charge on any atom is -0.379 e. The number of nitrogens with one attached hydrogen (secondary N) is 1. The molecule has 0 aromatic heterocycles. The predicted molar refractivity (Wildman–Crippen MR) is 93.8 cm³/mol. The molecule has 1 unspecified atom stereocenters. The first-order chi connectivity index (χ1) is 11.9. The maximum Gasteiger partial charge on any atom is 0.251 e. The Morgan fingerprint density at radius 1 is 1.36 bits per heavy atom. The lowest BCUT2D eigenvalue weighted by Crippen LogP contribution is -2.41. The van der Waals surface area contributed by atoms with Crippen LogP contribution in [-0.2, 0) is 14.8 Å². The van der Waals surface area contributed by atoms with Crippen molar-refractivity contribution >= 4 is 15.9 Å². The second-order valence-corrected chi connectivity index (χ2v) is 8.61. The second-order valence-electron chi connectivity index (χ2n) is 6.71. The van der Waals surface area contributed by atoms with Crippen LogP contribution in [0.3, 0.4) is 0 Å². The first-order valence-electron chi connectivity index (χ1n) is 8.62. The highest BCUT2D eigenvalue weighted by Gasteiger charge is 2.30. The minimum atomic E-state index is -3.63. The molecule has 1 saturated heterocycles. The fourth-order valence-electron chi connectivity index (χ4n) is 2.95. The van der Waals surface area contributed by atoms with Gasteiger partial charge in [0.05, 0.1) is 18.1 Å². The number of morpholine rings is 1. The molecule has 3 N–H and O–H groups in total. The molecule has 138 valence electrons. The summed E-state index contributed by atoms with van der Waals surface area (Å²) < 4.78 is 32.4. The number of amides is 1. The van der Waals surface area contributed by atoms with Crippen LogP contribution in [0, 0.1) is 12.8 Å². The minimum absolute atomic E-state index is 0.0362. The summed E-state index contributed by atoms with van der Waals surface area (Å²) in [5, 5.41) is 2.81. The molecule has 1 heterocycles. The van der Waals surface area contributed by atoms with Crippen molar-refractivity contribution in [1.29, 1.82) is 0 Å². The summed E-state index contributed by atoms with van der Waals surface area (Å²) in [5.74, 6) is 0.199. The quantitative estimate of drug-likeness (QED) is 0.762. The Morgan fingerprint density at radius 2 is 2.04 bits per heavy atom. The Balaban J connectivity index is 1.76. The average Bonchev–Trinajstić information content (AvgIpc) is 3.45. The number of hydrogen-bond acceptors (Lipinski definition) is 5. The highest BCUT2D eigenvalue weighted by atomic mass is 32.2. The molecule has 1 saturated carbocycles. The summed E-state index contributed by atoms with van der Waals surface area (Å²) in [5.41, 5.74) is 6.95. The molecule has 1 aromatic rings. The second kappa shape index (κ2) is 7.41. The zero-order chi connectivity index (χ0) is 18.0. The summed E-state index contributed by atoms with van der Waals surface area (Å²) in [6.07, 6.45) is 2.23. The number of ether oxygens (including phenoxy) is 1. The highest BCUT2D eigenvalue weighted by molar-refractivity contribution is 7.89. The van der Waals surface area contributed by atoms with Crippen LogP contribution in [0.5, 0.6) is 0 Å². The molecule has 0 bridgehead atoms. The number of benzene rings is 1. The van der Waals surface area contributed by atoms with Gasteiger partial charge in [-0.3, -0.25) is 4.79 Å². The van der Waals surface area contributed by atoms with Crippen molar-refractivity contribution in [2.24, 2.45) is 11.7 Å². The zero-order valence-electron chi connectivity index (χ0n) is 14.4. The maximum absolute atomic E-state index is 12.9. The Labute approximate surface area is 148 Å². The Hall–Kier alpha value is -1.48. The summed E-state index contributed by atoms with van der Waals surface area (Å²) in [6.45, 7) is 3.57. The molecule has 3 rings (SSSR count). The van der Waals surface area contributed by atoms with Gasteiger partial charge in [-0.1, -0.05) is 6.07 Å². The highest BCUT2D eigenvalue weighted by Crippen LogP contribution is 2.31. The monoisotopic (exact) mass is 367 g/mol. The van der Waals surface area contributed by atoms with Gasteiger partial charge in [-0.15, -0.1) is 0 Å². The summed E-state index contributed by atoms with van der Waals surface area (Å²) >= 11 is 0. The van der Waals surface area contributed by atoms with E-state index >= 15 is 0 Å². The lowest BCUT2D eigenvalue weighted by molar-refractivity contribution is 0.0730. The lowest BCUT2D eigenvalue weighted by Gasteiger charge is -2.26. The van der Waals surface area contributed by atoms with E-state index in [0.29, 0.717) is 49.9 Å². The van der Waals surface area contributed by atoms with Crippen LogP contribution in [0.25, 0.3) is 0 Å². The van der Waals surface area contributed by atoms with Crippen molar-refractivity contribution in [3.8, 4) is 0 Å².